The highest BCUT2D eigenvalue weighted by Gasteiger charge is 2.51. The Morgan fingerprint density at radius 1 is 0.903 bits per heavy atom. The zero-order valence-corrected chi connectivity index (χ0v) is 18.2. The zero-order valence-electron chi connectivity index (χ0n) is 17.4. The average Bonchev–Trinajstić information content (AvgIpc) is 3.37. The van der Waals surface area contributed by atoms with Gasteiger partial charge in [-0.1, -0.05) is 90.1 Å². The third-order valence-electron chi connectivity index (χ3n) is 5.72. The summed E-state index contributed by atoms with van der Waals surface area (Å²) >= 11 is 1.75. The van der Waals surface area contributed by atoms with E-state index in [-0.39, 0.29) is 17.3 Å². The average molecular weight is 430 g/mol. The number of carbonyl (C=O) groups is 1. The third-order valence-corrected chi connectivity index (χ3v) is 7.10. The van der Waals surface area contributed by atoms with Gasteiger partial charge in [0.1, 0.15) is 5.37 Å². The maximum atomic E-state index is 12.7. The van der Waals surface area contributed by atoms with Crippen molar-refractivity contribution >= 4 is 23.4 Å². The lowest BCUT2D eigenvalue weighted by atomic mass is 9.94. The minimum absolute atomic E-state index is 0.0266. The van der Waals surface area contributed by atoms with Gasteiger partial charge < -0.3 is 9.47 Å². The lowest BCUT2D eigenvalue weighted by Crippen LogP contribution is -2.32. The minimum Gasteiger partial charge on any atom is -0.466 e. The molecule has 156 valence electrons. The molecule has 4 nitrogen and oxygen atoms in total. The molecule has 0 bridgehead atoms. The second-order valence-corrected chi connectivity index (χ2v) is 8.83. The highest BCUT2D eigenvalue weighted by Crippen LogP contribution is 2.59. The molecular formula is C26H23NO3S. The van der Waals surface area contributed by atoms with E-state index in [1.165, 1.54) is 18.2 Å². The number of thioether (sulfide) groups is 1. The molecule has 0 saturated heterocycles. The minimum atomic E-state index is -0.699. The van der Waals surface area contributed by atoms with Gasteiger partial charge in [-0.25, -0.2) is 4.79 Å². The number of esters is 1. The summed E-state index contributed by atoms with van der Waals surface area (Å²) in [4.78, 5) is 15.9. The van der Waals surface area contributed by atoms with Crippen molar-refractivity contribution in [3.63, 3.8) is 0 Å². The van der Waals surface area contributed by atoms with Gasteiger partial charge in [0.15, 0.2) is 0 Å². The molecule has 0 aliphatic carbocycles. The Balaban J connectivity index is 1.63. The van der Waals surface area contributed by atoms with Gasteiger partial charge >= 0.3 is 5.97 Å². The lowest BCUT2D eigenvalue weighted by Gasteiger charge is -2.31. The van der Waals surface area contributed by atoms with Crippen molar-refractivity contribution in [2.45, 2.75) is 24.3 Å². The van der Waals surface area contributed by atoms with Crippen LogP contribution in [-0.2, 0) is 14.3 Å². The van der Waals surface area contributed by atoms with E-state index in [0.717, 1.165) is 22.0 Å². The van der Waals surface area contributed by atoms with Crippen LogP contribution in [0.1, 0.15) is 28.0 Å². The molecule has 0 aromatic heterocycles. The van der Waals surface area contributed by atoms with Gasteiger partial charge in [-0.05, 0) is 30.2 Å². The lowest BCUT2D eigenvalue weighted by molar-refractivity contribution is -0.151. The van der Waals surface area contributed by atoms with Crippen LogP contribution in [0.3, 0.4) is 0 Å². The number of nitrogens with zero attached hydrogens (tertiary/aromatic N) is 1. The molecule has 3 atom stereocenters. The highest BCUT2D eigenvalue weighted by atomic mass is 32.2. The van der Waals surface area contributed by atoms with Crippen molar-refractivity contribution in [1.82, 2.24) is 0 Å². The number of methoxy groups -OCH3 is 1. The Kier molecular flexibility index (Phi) is 5.20. The summed E-state index contributed by atoms with van der Waals surface area (Å²) < 4.78 is 11.5. The zero-order chi connectivity index (χ0) is 21.4. The molecule has 0 saturated carbocycles. The van der Waals surface area contributed by atoms with Gasteiger partial charge in [-0.3, -0.25) is 4.90 Å². The molecule has 0 spiro atoms. The van der Waals surface area contributed by atoms with Crippen LogP contribution in [0.15, 0.2) is 95.7 Å². The van der Waals surface area contributed by atoms with E-state index < -0.39 is 6.10 Å². The quantitative estimate of drug-likeness (QED) is 0.492. The molecule has 0 fully saturated rings. The number of hydrogen-bond donors (Lipinski definition) is 0. The van der Waals surface area contributed by atoms with Gasteiger partial charge in [0.2, 0.25) is 12.0 Å². The molecule has 0 amide bonds. The van der Waals surface area contributed by atoms with Crippen LogP contribution in [-0.4, -0.2) is 19.2 Å². The van der Waals surface area contributed by atoms with Crippen molar-refractivity contribution in [2.75, 3.05) is 12.0 Å². The first-order valence-electron chi connectivity index (χ1n) is 10.3. The molecule has 3 aromatic carbocycles. The normalized spacial score (nSPS) is 22.3. The number of carbonyl (C=O) groups excluding carboxylic acids is 1. The first-order valence-corrected chi connectivity index (χ1v) is 11.2. The number of benzene rings is 3. The van der Waals surface area contributed by atoms with E-state index in [1.807, 2.05) is 36.4 Å². The van der Waals surface area contributed by atoms with Crippen LogP contribution in [0.4, 0.5) is 5.69 Å². The molecule has 3 aromatic rings. The first kappa shape index (κ1) is 19.8. The molecule has 2 aliphatic heterocycles. The predicted octanol–water partition coefficient (Wildman–Crippen LogP) is 5.77. The van der Waals surface area contributed by atoms with Gasteiger partial charge in [0, 0.05) is 5.69 Å². The van der Waals surface area contributed by atoms with Crippen LogP contribution in [0.25, 0.3) is 0 Å². The summed E-state index contributed by atoms with van der Waals surface area (Å²) in [6.45, 7) is 2.08. The monoisotopic (exact) mass is 429 g/mol. The van der Waals surface area contributed by atoms with Crippen LogP contribution in [0.5, 0.6) is 0 Å². The second kappa shape index (κ2) is 8.16. The van der Waals surface area contributed by atoms with Crippen LogP contribution >= 0.6 is 11.8 Å². The molecular weight excluding hydrogens is 406 g/mol. The van der Waals surface area contributed by atoms with E-state index >= 15 is 0 Å². The summed E-state index contributed by atoms with van der Waals surface area (Å²) in [5, 5.41) is 0.0266. The smallest absolute Gasteiger partial charge is 0.348 e. The van der Waals surface area contributed by atoms with E-state index in [1.54, 1.807) is 11.8 Å². The summed E-state index contributed by atoms with van der Waals surface area (Å²) in [6, 6.07) is 28.9. The number of hydrogen-bond acceptors (Lipinski definition) is 5. The van der Waals surface area contributed by atoms with E-state index in [2.05, 4.69) is 60.4 Å². The third kappa shape index (κ3) is 3.49. The highest BCUT2D eigenvalue weighted by molar-refractivity contribution is 8.03. The Morgan fingerprint density at radius 2 is 1.52 bits per heavy atom. The Labute approximate surface area is 186 Å². The summed E-state index contributed by atoms with van der Waals surface area (Å²) in [5.41, 5.74) is 4.47. The molecule has 2 heterocycles. The molecule has 0 radical (unpaired) electrons. The van der Waals surface area contributed by atoms with Crippen LogP contribution < -0.4 is 4.90 Å². The maximum Gasteiger partial charge on any atom is 0.348 e. The van der Waals surface area contributed by atoms with Gasteiger partial charge in [0.05, 0.1) is 17.9 Å². The van der Waals surface area contributed by atoms with Crippen molar-refractivity contribution in [2.24, 2.45) is 0 Å². The Bertz CT molecular complexity index is 1110. The number of aryl methyl sites for hydroxylation is 1. The Morgan fingerprint density at radius 3 is 2.13 bits per heavy atom. The fraction of sp³-hybridized carbons (Fsp3) is 0.192. The van der Waals surface area contributed by atoms with E-state index in [4.69, 9.17) is 9.47 Å². The van der Waals surface area contributed by atoms with Gasteiger partial charge in [-0.15, -0.1) is 0 Å². The Hall–Kier alpha value is -3.18. The summed E-state index contributed by atoms with van der Waals surface area (Å²) in [7, 11) is 1.41. The fourth-order valence-electron chi connectivity index (χ4n) is 4.18. The van der Waals surface area contributed by atoms with Crippen molar-refractivity contribution in [3.8, 4) is 0 Å². The van der Waals surface area contributed by atoms with E-state index in [0.29, 0.717) is 0 Å². The second-order valence-electron chi connectivity index (χ2n) is 7.71. The first-order chi connectivity index (χ1) is 15.2. The fourth-order valence-corrected chi connectivity index (χ4v) is 5.69. The molecule has 2 aliphatic rings. The van der Waals surface area contributed by atoms with Crippen molar-refractivity contribution < 1.29 is 14.3 Å². The topological polar surface area (TPSA) is 38.8 Å². The van der Waals surface area contributed by atoms with Gasteiger partial charge in [-0.2, -0.15) is 0 Å². The molecule has 5 rings (SSSR count). The molecule has 31 heavy (non-hydrogen) atoms. The number of ether oxygens (including phenoxy) is 2. The van der Waals surface area contributed by atoms with Crippen molar-refractivity contribution in [1.29, 1.82) is 0 Å². The molecule has 0 N–H and O–H groups in total. The summed E-state index contributed by atoms with van der Waals surface area (Å²) in [6.07, 6.45) is -0.699. The van der Waals surface area contributed by atoms with Crippen molar-refractivity contribution in [3.05, 3.63) is 112 Å². The number of rotatable bonds is 4. The van der Waals surface area contributed by atoms with Crippen LogP contribution in [0.2, 0.25) is 0 Å². The maximum absolute atomic E-state index is 12.7. The molecule has 3 unspecified atom stereocenters. The van der Waals surface area contributed by atoms with E-state index in [9.17, 15) is 4.79 Å². The standard InChI is InChI=1S/C26H23NO3S/c1-17-13-15-20(16-14-17)27-24-23(31-25(27)19-11-7-4-8-12-19)21(18-9-5-3-6-10-18)22(30-24)26(28)29-2/h3-16,21-22,25H,1-2H3. The predicted molar refractivity (Wildman–Crippen MR) is 124 cm³/mol. The number of anilines is 1. The largest absolute Gasteiger partial charge is 0.466 e. The molecule has 5 heteroatoms. The summed E-state index contributed by atoms with van der Waals surface area (Å²) in [5.74, 6) is 0.186. The van der Waals surface area contributed by atoms with Crippen LogP contribution in [0, 0.1) is 6.92 Å². The van der Waals surface area contributed by atoms with Gasteiger partial charge in [0.25, 0.3) is 0 Å². The SMILES string of the molecule is COC(=O)C1OC2=C(SC(c3ccccc3)N2c2ccc(C)cc2)C1c1ccccc1.